The third-order valence-corrected chi connectivity index (χ3v) is 4.98. The normalized spacial score (nSPS) is 16.6. The number of hydrogen-bond donors (Lipinski definition) is 2. The monoisotopic (exact) mass is 396 g/mol. The number of methoxy groups -OCH3 is 1. The van der Waals surface area contributed by atoms with E-state index in [-0.39, 0.29) is 6.54 Å². The van der Waals surface area contributed by atoms with Gasteiger partial charge in [-0.3, -0.25) is 0 Å². The van der Waals surface area contributed by atoms with E-state index < -0.39 is 18.0 Å². The number of hydrogen-bond acceptors (Lipinski definition) is 4. The standard InChI is InChI=1S/C20H17ClN4O3/c1-28-19(26)17-15(10-25-11-22-14-8-4-5-9-16(14)25)23-20(27)24-18(17)12-6-2-3-7-13(12)21/h2-9,11,18H,10H2,1H3,(H2,23,24,27)/t18-/m1/s1. The molecule has 2 aromatic carbocycles. The highest BCUT2D eigenvalue weighted by atomic mass is 35.5. The summed E-state index contributed by atoms with van der Waals surface area (Å²) in [6.45, 7) is 0.249. The number of amides is 2. The molecular weight excluding hydrogens is 380 g/mol. The van der Waals surface area contributed by atoms with Gasteiger partial charge in [0.25, 0.3) is 0 Å². The van der Waals surface area contributed by atoms with Gasteiger partial charge in [-0.2, -0.15) is 0 Å². The van der Waals surface area contributed by atoms with Crippen LogP contribution in [-0.2, 0) is 16.1 Å². The summed E-state index contributed by atoms with van der Waals surface area (Å²) in [5, 5.41) is 5.96. The summed E-state index contributed by atoms with van der Waals surface area (Å²) < 4.78 is 6.86. The molecule has 3 aromatic rings. The lowest BCUT2D eigenvalue weighted by molar-refractivity contribution is -0.136. The van der Waals surface area contributed by atoms with Gasteiger partial charge < -0.3 is 19.9 Å². The van der Waals surface area contributed by atoms with Crippen LogP contribution in [0.25, 0.3) is 11.0 Å². The van der Waals surface area contributed by atoms with Crippen LogP contribution < -0.4 is 10.6 Å². The first-order valence-electron chi connectivity index (χ1n) is 8.61. The Balaban J connectivity index is 1.84. The zero-order valence-corrected chi connectivity index (χ0v) is 15.7. The Labute approximate surface area is 166 Å². The first kappa shape index (κ1) is 18.1. The number of esters is 1. The van der Waals surface area contributed by atoms with Gasteiger partial charge in [-0.25, -0.2) is 14.6 Å². The largest absolute Gasteiger partial charge is 0.466 e. The summed E-state index contributed by atoms with van der Waals surface area (Å²) >= 11 is 6.33. The van der Waals surface area contributed by atoms with E-state index in [2.05, 4.69) is 15.6 Å². The van der Waals surface area contributed by atoms with Crippen molar-refractivity contribution in [1.82, 2.24) is 20.2 Å². The minimum atomic E-state index is -0.723. The Morgan fingerprint density at radius 2 is 1.96 bits per heavy atom. The molecule has 0 spiro atoms. The Hall–Kier alpha value is -3.32. The van der Waals surface area contributed by atoms with E-state index in [4.69, 9.17) is 16.3 Å². The maximum absolute atomic E-state index is 12.6. The molecule has 0 saturated heterocycles. The van der Waals surface area contributed by atoms with Gasteiger partial charge in [0.1, 0.15) is 0 Å². The van der Waals surface area contributed by atoms with Crippen molar-refractivity contribution in [3.63, 3.8) is 0 Å². The molecule has 142 valence electrons. The predicted molar refractivity (Wildman–Crippen MR) is 105 cm³/mol. The minimum absolute atomic E-state index is 0.249. The number of urea groups is 1. The highest BCUT2D eigenvalue weighted by molar-refractivity contribution is 6.31. The number of nitrogens with zero attached hydrogens (tertiary/aromatic N) is 2. The van der Waals surface area contributed by atoms with Crippen LogP contribution in [0.2, 0.25) is 5.02 Å². The molecule has 2 amide bonds. The molecule has 0 bridgehead atoms. The fourth-order valence-corrected chi connectivity index (χ4v) is 3.59. The number of fused-ring (bicyclic) bond motifs is 1. The fraction of sp³-hybridized carbons (Fsp3) is 0.150. The zero-order chi connectivity index (χ0) is 19.7. The SMILES string of the molecule is COC(=O)C1=C(Cn2cnc3ccccc32)NC(=O)N[C@@H]1c1ccccc1Cl. The minimum Gasteiger partial charge on any atom is -0.466 e. The van der Waals surface area contributed by atoms with E-state index in [1.54, 1.807) is 30.6 Å². The lowest BCUT2D eigenvalue weighted by atomic mass is 9.95. The molecule has 0 saturated carbocycles. The molecule has 1 aromatic heterocycles. The number of carbonyl (C=O) groups is 2. The van der Waals surface area contributed by atoms with Crippen molar-refractivity contribution >= 4 is 34.6 Å². The number of allylic oxidation sites excluding steroid dienone is 1. The van der Waals surface area contributed by atoms with Crippen LogP contribution >= 0.6 is 11.6 Å². The summed E-state index contributed by atoms with van der Waals surface area (Å²) in [6, 6.07) is 13.6. The average Bonchev–Trinajstić information content (AvgIpc) is 3.10. The van der Waals surface area contributed by atoms with E-state index in [0.717, 1.165) is 11.0 Å². The Bertz CT molecular complexity index is 1110. The van der Waals surface area contributed by atoms with Crippen LogP contribution in [0, 0.1) is 0 Å². The smallest absolute Gasteiger partial charge is 0.338 e. The second kappa shape index (κ2) is 7.36. The predicted octanol–water partition coefficient (Wildman–Crippen LogP) is 3.17. The highest BCUT2D eigenvalue weighted by Crippen LogP contribution is 2.32. The maximum Gasteiger partial charge on any atom is 0.338 e. The van der Waals surface area contributed by atoms with Gasteiger partial charge in [0.15, 0.2) is 0 Å². The molecule has 2 heterocycles. The fourth-order valence-electron chi connectivity index (χ4n) is 3.34. The lowest BCUT2D eigenvalue weighted by Crippen LogP contribution is -2.46. The molecule has 0 unspecified atom stereocenters. The second-order valence-corrected chi connectivity index (χ2v) is 6.71. The molecule has 1 atom stereocenters. The maximum atomic E-state index is 12.6. The molecule has 8 heteroatoms. The number of nitrogens with one attached hydrogen (secondary N) is 2. The van der Waals surface area contributed by atoms with Crippen LogP contribution in [0.5, 0.6) is 0 Å². The van der Waals surface area contributed by atoms with Crippen molar-refractivity contribution in [1.29, 1.82) is 0 Å². The summed E-state index contributed by atoms with van der Waals surface area (Å²) in [6.07, 6.45) is 1.67. The van der Waals surface area contributed by atoms with E-state index in [1.807, 2.05) is 28.8 Å². The molecule has 0 aliphatic carbocycles. The van der Waals surface area contributed by atoms with Crippen LogP contribution in [-0.4, -0.2) is 28.7 Å². The quantitative estimate of drug-likeness (QED) is 0.663. The van der Waals surface area contributed by atoms with Gasteiger partial charge in [-0.05, 0) is 23.8 Å². The van der Waals surface area contributed by atoms with Crippen LogP contribution in [0.4, 0.5) is 4.79 Å². The third kappa shape index (κ3) is 3.20. The highest BCUT2D eigenvalue weighted by Gasteiger charge is 2.34. The summed E-state index contributed by atoms with van der Waals surface area (Å²) in [5.41, 5.74) is 3.07. The van der Waals surface area contributed by atoms with Gasteiger partial charge >= 0.3 is 12.0 Å². The van der Waals surface area contributed by atoms with Crippen molar-refractivity contribution in [3.05, 3.63) is 76.7 Å². The van der Waals surface area contributed by atoms with Crippen molar-refractivity contribution in [2.75, 3.05) is 7.11 Å². The van der Waals surface area contributed by atoms with E-state index in [1.165, 1.54) is 7.11 Å². The molecule has 1 aliphatic rings. The first-order chi connectivity index (χ1) is 13.6. The van der Waals surface area contributed by atoms with Crippen LogP contribution in [0.1, 0.15) is 11.6 Å². The van der Waals surface area contributed by atoms with Gasteiger partial charge in [0.2, 0.25) is 0 Å². The number of benzene rings is 2. The summed E-state index contributed by atoms with van der Waals surface area (Å²) in [7, 11) is 1.31. The number of halogens is 1. The first-order valence-corrected chi connectivity index (χ1v) is 8.99. The number of rotatable bonds is 4. The topological polar surface area (TPSA) is 85.2 Å². The second-order valence-electron chi connectivity index (χ2n) is 6.30. The van der Waals surface area contributed by atoms with E-state index in [0.29, 0.717) is 21.9 Å². The lowest BCUT2D eigenvalue weighted by Gasteiger charge is -2.29. The third-order valence-electron chi connectivity index (χ3n) is 4.63. The van der Waals surface area contributed by atoms with Crippen LogP contribution in [0.15, 0.2) is 66.1 Å². The molecule has 1 aliphatic heterocycles. The molecule has 2 N–H and O–H groups in total. The van der Waals surface area contributed by atoms with Crippen molar-refractivity contribution in [2.45, 2.75) is 12.6 Å². The molecular formula is C20H17ClN4O3. The Kier molecular flexibility index (Phi) is 4.75. The van der Waals surface area contributed by atoms with Gasteiger partial charge in [0, 0.05) is 5.02 Å². The van der Waals surface area contributed by atoms with Crippen molar-refractivity contribution < 1.29 is 14.3 Å². The molecule has 0 fully saturated rings. The molecule has 4 rings (SSSR count). The molecule has 7 nitrogen and oxygen atoms in total. The van der Waals surface area contributed by atoms with Crippen molar-refractivity contribution in [2.24, 2.45) is 0 Å². The Morgan fingerprint density at radius 3 is 2.75 bits per heavy atom. The van der Waals surface area contributed by atoms with Gasteiger partial charge in [-0.15, -0.1) is 0 Å². The van der Waals surface area contributed by atoms with E-state index >= 15 is 0 Å². The number of para-hydroxylation sites is 2. The van der Waals surface area contributed by atoms with E-state index in [9.17, 15) is 9.59 Å². The van der Waals surface area contributed by atoms with Gasteiger partial charge in [0.05, 0.1) is 48.3 Å². The number of aromatic nitrogens is 2. The Morgan fingerprint density at radius 1 is 1.21 bits per heavy atom. The number of carbonyl (C=O) groups excluding carboxylic acids is 2. The average molecular weight is 397 g/mol. The van der Waals surface area contributed by atoms with Crippen LogP contribution in [0.3, 0.4) is 0 Å². The summed E-state index contributed by atoms with van der Waals surface area (Å²) in [4.78, 5) is 29.3. The molecule has 28 heavy (non-hydrogen) atoms. The molecule has 0 radical (unpaired) electrons. The summed E-state index contributed by atoms with van der Waals surface area (Å²) in [5.74, 6) is -0.545. The number of ether oxygens (including phenoxy) is 1. The zero-order valence-electron chi connectivity index (χ0n) is 15.0. The number of imidazole rings is 1. The van der Waals surface area contributed by atoms with Crippen molar-refractivity contribution in [3.8, 4) is 0 Å². The van der Waals surface area contributed by atoms with Gasteiger partial charge in [-0.1, -0.05) is 41.9 Å².